The molecule has 1 aliphatic heterocycles. The average Bonchev–Trinajstić information content (AvgIpc) is 2.49. The van der Waals surface area contributed by atoms with Crippen molar-refractivity contribution in [3.05, 3.63) is 30.3 Å². The van der Waals surface area contributed by atoms with Gasteiger partial charge < -0.3 is 15.0 Å². The summed E-state index contributed by atoms with van der Waals surface area (Å²) in [7, 11) is 1.76. The minimum Gasteiger partial charge on any atom is -0.383 e. The Morgan fingerprint density at radius 2 is 1.71 bits per heavy atom. The number of rotatable bonds is 7. The summed E-state index contributed by atoms with van der Waals surface area (Å²) < 4.78 is 5.17. The van der Waals surface area contributed by atoms with Gasteiger partial charge in [0.2, 0.25) is 0 Å². The van der Waals surface area contributed by atoms with Crippen molar-refractivity contribution in [1.82, 2.24) is 10.2 Å². The van der Waals surface area contributed by atoms with Gasteiger partial charge in [-0.1, -0.05) is 18.2 Å². The zero-order valence-electron chi connectivity index (χ0n) is 13.6. The van der Waals surface area contributed by atoms with Crippen molar-refractivity contribution in [2.45, 2.75) is 25.9 Å². The lowest BCUT2D eigenvalue weighted by atomic mass is 10.2. The SMILES string of the molecule is COCC(C)NC(C)CN1CCN(c2ccccc2)CC1. The predicted octanol–water partition coefficient (Wildman–Crippen LogP) is 1.82. The molecule has 1 fully saturated rings. The molecule has 0 spiro atoms. The van der Waals surface area contributed by atoms with Crippen molar-refractivity contribution >= 4 is 5.69 Å². The van der Waals surface area contributed by atoms with E-state index in [1.165, 1.54) is 5.69 Å². The largest absolute Gasteiger partial charge is 0.383 e. The standard InChI is InChI=1S/C17H29N3O/c1-15(18-16(2)14-21-3)13-19-9-11-20(12-10-19)17-7-5-4-6-8-17/h4-8,15-16,18H,9-14H2,1-3H3. The second-order valence-electron chi connectivity index (χ2n) is 6.05. The molecule has 1 heterocycles. The molecule has 0 aliphatic carbocycles. The number of methoxy groups -OCH3 is 1. The van der Waals surface area contributed by atoms with Crippen LogP contribution < -0.4 is 10.2 Å². The molecule has 1 aromatic carbocycles. The summed E-state index contributed by atoms with van der Waals surface area (Å²) in [5, 5.41) is 3.59. The maximum absolute atomic E-state index is 5.17. The molecule has 0 radical (unpaired) electrons. The molecule has 1 saturated heterocycles. The van der Waals surface area contributed by atoms with Crippen LogP contribution in [0.2, 0.25) is 0 Å². The van der Waals surface area contributed by atoms with Gasteiger partial charge in [0.05, 0.1) is 6.61 Å². The highest BCUT2D eigenvalue weighted by atomic mass is 16.5. The highest BCUT2D eigenvalue weighted by Crippen LogP contribution is 2.15. The van der Waals surface area contributed by atoms with Crippen LogP contribution in [0.15, 0.2) is 30.3 Å². The van der Waals surface area contributed by atoms with Crippen LogP contribution in [-0.4, -0.2) is 63.4 Å². The monoisotopic (exact) mass is 291 g/mol. The van der Waals surface area contributed by atoms with Crippen LogP contribution in [0.3, 0.4) is 0 Å². The van der Waals surface area contributed by atoms with Crippen LogP contribution in [0.5, 0.6) is 0 Å². The van der Waals surface area contributed by atoms with E-state index in [1.54, 1.807) is 7.11 Å². The lowest BCUT2D eigenvalue weighted by Crippen LogP contribution is -2.51. The molecule has 1 aromatic rings. The van der Waals surface area contributed by atoms with Gasteiger partial charge in [0.25, 0.3) is 0 Å². The normalized spacial score (nSPS) is 19.5. The fraction of sp³-hybridized carbons (Fsp3) is 0.647. The van der Waals surface area contributed by atoms with Crippen LogP contribution >= 0.6 is 0 Å². The Labute approximate surface area is 129 Å². The number of para-hydroxylation sites is 1. The summed E-state index contributed by atoms with van der Waals surface area (Å²) in [5.41, 5.74) is 1.34. The maximum atomic E-state index is 5.17. The first-order valence-electron chi connectivity index (χ1n) is 7.96. The molecule has 1 aliphatic rings. The Morgan fingerprint density at radius 3 is 2.33 bits per heavy atom. The highest BCUT2D eigenvalue weighted by Gasteiger charge is 2.19. The molecular formula is C17H29N3O. The Bertz CT molecular complexity index is 390. The number of benzene rings is 1. The minimum absolute atomic E-state index is 0.413. The Kier molecular flexibility index (Phi) is 6.49. The van der Waals surface area contributed by atoms with Crippen LogP contribution in [0.25, 0.3) is 0 Å². The number of piperazine rings is 1. The van der Waals surface area contributed by atoms with Crippen molar-refractivity contribution in [3.63, 3.8) is 0 Å². The van der Waals surface area contributed by atoms with E-state index in [1.807, 2.05) is 0 Å². The lowest BCUT2D eigenvalue weighted by Gasteiger charge is -2.37. The second-order valence-corrected chi connectivity index (χ2v) is 6.05. The molecule has 21 heavy (non-hydrogen) atoms. The number of nitrogens with one attached hydrogen (secondary N) is 1. The van der Waals surface area contributed by atoms with E-state index < -0.39 is 0 Å². The fourth-order valence-corrected chi connectivity index (χ4v) is 3.05. The number of ether oxygens (including phenoxy) is 1. The quantitative estimate of drug-likeness (QED) is 0.829. The van der Waals surface area contributed by atoms with E-state index in [9.17, 15) is 0 Å². The van der Waals surface area contributed by atoms with Gasteiger partial charge in [-0.3, -0.25) is 4.90 Å². The third kappa shape index (κ3) is 5.30. The molecular weight excluding hydrogens is 262 g/mol. The first kappa shape index (κ1) is 16.3. The van der Waals surface area contributed by atoms with E-state index in [-0.39, 0.29) is 0 Å². The number of hydrogen-bond acceptors (Lipinski definition) is 4. The third-order valence-electron chi connectivity index (χ3n) is 4.01. The molecule has 1 N–H and O–H groups in total. The Balaban J connectivity index is 1.71. The molecule has 0 bridgehead atoms. The maximum Gasteiger partial charge on any atom is 0.0613 e. The van der Waals surface area contributed by atoms with Crippen molar-refractivity contribution in [3.8, 4) is 0 Å². The van der Waals surface area contributed by atoms with Gasteiger partial charge in [0.15, 0.2) is 0 Å². The highest BCUT2D eigenvalue weighted by molar-refractivity contribution is 5.46. The topological polar surface area (TPSA) is 27.7 Å². The molecule has 2 rings (SSSR count). The molecule has 0 saturated carbocycles. The molecule has 2 unspecified atom stereocenters. The smallest absolute Gasteiger partial charge is 0.0613 e. The van der Waals surface area contributed by atoms with Crippen molar-refractivity contribution in [2.75, 3.05) is 51.3 Å². The van der Waals surface area contributed by atoms with E-state index in [2.05, 4.69) is 59.3 Å². The van der Waals surface area contributed by atoms with Crippen molar-refractivity contribution in [2.24, 2.45) is 0 Å². The summed E-state index contributed by atoms with van der Waals surface area (Å²) in [6.45, 7) is 10.8. The minimum atomic E-state index is 0.413. The van der Waals surface area contributed by atoms with Crippen LogP contribution in [-0.2, 0) is 4.74 Å². The van der Waals surface area contributed by atoms with Gasteiger partial charge in [-0.2, -0.15) is 0 Å². The summed E-state index contributed by atoms with van der Waals surface area (Å²) in [6, 6.07) is 11.6. The molecule has 118 valence electrons. The summed E-state index contributed by atoms with van der Waals surface area (Å²) in [6.07, 6.45) is 0. The Morgan fingerprint density at radius 1 is 1.05 bits per heavy atom. The summed E-state index contributed by atoms with van der Waals surface area (Å²) in [5.74, 6) is 0. The van der Waals surface area contributed by atoms with Gasteiger partial charge >= 0.3 is 0 Å². The number of hydrogen-bond donors (Lipinski definition) is 1. The van der Waals surface area contributed by atoms with Gasteiger partial charge in [-0.15, -0.1) is 0 Å². The van der Waals surface area contributed by atoms with Gasteiger partial charge in [0, 0.05) is 57.6 Å². The Hall–Kier alpha value is -1.10. The van der Waals surface area contributed by atoms with E-state index in [4.69, 9.17) is 4.74 Å². The lowest BCUT2D eigenvalue weighted by molar-refractivity contribution is 0.159. The van der Waals surface area contributed by atoms with Crippen LogP contribution in [0.1, 0.15) is 13.8 Å². The molecule has 2 atom stereocenters. The first-order valence-corrected chi connectivity index (χ1v) is 7.96. The average molecular weight is 291 g/mol. The van der Waals surface area contributed by atoms with E-state index in [0.717, 1.165) is 39.3 Å². The van der Waals surface area contributed by atoms with Gasteiger partial charge in [-0.25, -0.2) is 0 Å². The predicted molar refractivity (Wildman–Crippen MR) is 89.0 cm³/mol. The zero-order chi connectivity index (χ0) is 15.1. The fourth-order valence-electron chi connectivity index (χ4n) is 3.05. The molecule has 4 heteroatoms. The van der Waals surface area contributed by atoms with E-state index >= 15 is 0 Å². The number of anilines is 1. The van der Waals surface area contributed by atoms with Crippen LogP contribution in [0.4, 0.5) is 5.69 Å². The van der Waals surface area contributed by atoms with E-state index in [0.29, 0.717) is 12.1 Å². The number of nitrogens with zero attached hydrogens (tertiary/aromatic N) is 2. The van der Waals surface area contributed by atoms with Crippen molar-refractivity contribution in [1.29, 1.82) is 0 Å². The van der Waals surface area contributed by atoms with Gasteiger partial charge in [0.1, 0.15) is 0 Å². The molecule has 0 amide bonds. The zero-order valence-corrected chi connectivity index (χ0v) is 13.6. The van der Waals surface area contributed by atoms with Crippen molar-refractivity contribution < 1.29 is 4.74 Å². The van der Waals surface area contributed by atoms with Crippen LogP contribution in [0, 0.1) is 0 Å². The van der Waals surface area contributed by atoms with Gasteiger partial charge in [-0.05, 0) is 26.0 Å². The first-order chi connectivity index (χ1) is 10.2. The summed E-state index contributed by atoms with van der Waals surface area (Å²) in [4.78, 5) is 5.03. The summed E-state index contributed by atoms with van der Waals surface area (Å²) >= 11 is 0. The third-order valence-corrected chi connectivity index (χ3v) is 4.01. The molecule has 0 aromatic heterocycles. The second kappa shape index (κ2) is 8.37. The molecule has 4 nitrogen and oxygen atoms in total.